The maximum atomic E-state index is 12.1. The van der Waals surface area contributed by atoms with Gasteiger partial charge in [0.2, 0.25) is 5.78 Å². The first-order valence-corrected chi connectivity index (χ1v) is 7.54. The predicted molar refractivity (Wildman–Crippen MR) is 92.4 cm³/mol. The number of carbonyl (C=O) groups excluding carboxylic acids is 3. The first-order valence-electron chi connectivity index (χ1n) is 7.16. The van der Waals surface area contributed by atoms with Crippen LogP contribution < -0.4 is 0 Å². The summed E-state index contributed by atoms with van der Waals surface area (Å²) in [6.45, 7) is 0. The molecule has 0 radical (unpaired) electrons. The quantitative estimate of drug-likeness (QED) is 0.207. The largest absolute Gasteiger partial charge is 0.405 e. The Labute approximate surface area is 148 Å². The molecule has 0 aliphatic carbocycles. The highest BCUT2D eigenvalue weighted by Gasteiger charge is 2.31. The molecule has 6 heteroatoms. The van der Waals surface area contributed by atoms with Crippen LogP contribution in [-0.4, -0.2) is 27.9 Å². The minimum Gasteiger partial charge on any atom is -0.360 e. The summed E-state index contributed by atoms with van der Waals surface area (Å²) >= 11 is 5.75. The summed E-state index contributed by atoms with van der Waals surface area (Å²) in [5.41, 5.74) is 9.00. The van der Waals surface area contributed by atoms with Crippen molar-refractivity contribution in [2.75, 3.05) is 0 Å². The third kappa shape index (κ3) is 5.08. The lowest BCUT2D eigenvalue weighted by Gasteiger charge is -1.95. The zero-order valence-corrected chi connectivity index (χ0v) is 13.7. The van der Waals surface area contributed by atoms with Crippen molar-refractivity contribution in [3.05, 3.63) is 76.3 Å². The molecular formula is C19H11ClN2O3. The standard InChI is InChI=1S/C19H11ClN2O3/c20-15-9-6-13(7-10-15)8-11-16(23)12-17(24)18(22-21)19(25)14-4-2-1-3-5-14/h1-7,9-10H,12H2. The summed E-state index contributed by atoms with van der Waals surface area (Å²) in [5.74, 6) is 2.56. The number of carbonyl (C=O) groups is 3. The lowest BCUT2D eigenvalue weighted by Crippen LogP contribution is -2.27. The Bertz CT molecular complexity index is 932. The predicted octanol–water partition coefficient (Wildman–Crippen LogP) is 2.77. The van der Waals surface area contributed by atoms with E-state index in [2.05, 4.69) is 16.6 Å². The van der Waals surface area contributed by atoms with Gasteiger partial charge in [0.15, 0.2) is 0 Å². The molecule has 2 aromatic carbocycles. The number of benzene rings is 2. The van der Waals surface area contributed by atoms with Crippen LogP contribution in [0.1, 0.15) is 22.3 Å². The molecule has 0 amide bonds. The van der Waals surface area contributed by atoms with Gasteiger partial charge in [0.05, 0.1) is 6.42 Å². The van der Waals surface area contributed by atoms with Crippen LogP contribution in [0.15, 0.2) is 54.6 Å². The zero-order chi connectivity index (χ0) is 18.2. The molecule has 0 heterocycles. The summed E-state index contributed by atoms with van der Waals surface area (Å²) in [7, 11) is 0. The van der Waals surface area contributed by atoms with Crippen molar-refractivity contribution in [2.24, 2.45) is 0 Å². The summed E-state index contributed by atoms with van der Waals surface area (Å²) in [6.07, 6.45) is -0.654. The molecule has 0 aliphatic heterocycles. The van der Waals surface area contributed by atoms with Gasteiger partial charge in [0, 0.05) is 16.1 Å². The Kier molecular flexibility index (Phi) is 6.14. The van der Waals surface area contributed by atoms with Gasteiger partial charge in [-0.15, -0.1) is 0 Å². The number of hydrogen-bond acceptors (Lipinski definition) is 3. The Morgan fingerprint density at radius 3 is 2.24 bits per heavy atom. The first-order chi connectivity index (χ1) is 12.0. The Balaban J connectivity index is 2.07. The maximum Gasteiger partial charge on any atom is 0.405 e. The van der Waals surface area contributed by atoms with Crippen LogP contribution >= 0.6 is 11.6 Å². The van der Waals surface area contributed by atoms with E-state index in [-0.39, 0.29) is 5.56 Å². The highest BCUT2D eigenvalue weighted by Crippen LogP contribution is 2.08. The second-order valence-electron chi connectivity index (χ2n) is 4.92. The Morgan fingerprint density at radius 2 is 1.64 bits per heavy atom. The number of halogens is 1. The molecule has 0 spiro atoms. The molecule has 0 bridgehead atoms. The summed E-state index contributed by atoms with van der Waals surface area (Å²) in [6, 6.07) is 14.4. The van der Waals surface area contributed by atoms with Crippen molar-refractivity contribution in [3.63, 3.8) is 0 Å². The molecular weight excluding hydrogens is 340 g/mol. The fraction of sp³-hybridized carbons (Fsp3) is 0.0526. The average Bonchev–Trinajstić information content (AvgIpc) is 2.62. The lowest BCUT2D eigenvalue weighted by molar-refractivity contribution is -0.122. The maximum absolute atomic E-state index is 12.1. The molecule has 5 nitrogen and oxygen atoms in total. The zero-order valence-electron chi connectivity index (χ0n) is 12.9. The number of Topliss-reactive ketones (excluding diaryl/α,β-unsaturated/α-hetero) is 3. The fourth-order valence-corrected chi connectivity index (χ4v) is 2.03. The van der Waals surface area contributed by atoms with Crippen molar-refractivity contribution in [2.45, 2.75) is 6.42 Å². The van der Waals surface area contributed by atoms with Crippen LogP contribution in [0.4, 0.5) is 0 Å². The number of nitrogens with zero attached hydrogens (tertiary/aromatic N) is 2. The van der Waals surface area contributed by atoms with Crippen molar-refractivity contribution in [1.82, 2.24) is 0 Å². The van der Waals surface area contributed by atoms with Crippen LogP contribution in [0.2, 0.25) is 5.02 Å². The third-order valence-electron chi connectivity index (χ3n) is 3.13. The summed E-state index contributed by atoms with van der Waals surface area (Å²) < 4.78 is 0. The molecule has 0 aliphatic rings. The Morgan fingerprint density at radius 1 is 1.00 bits per heavy atom. The lowest BCUT2D eigenvalue weighted by atomic mass is 10.0. The summed E-state index contributed by atoms with van der Waals surface area (Å²) in [4.78, 5) is 38.7. The van der Waals surface area contributed by atoms with Crippen LogP contribution in [0.3, 0.4) is 0 Å². The third-order valence-corrected chi connectivity index (χ3v) is 3.38. The van der Waals surface area contributed by atoms with Gasteiger partial charge in [-0.05, 0) is 30.2 Å². The molecule has 0 saturated carbocycles. The van der Waals surface area contributed by atoms with E-state index in [1.54, 1.807) is 42.5 Å². The van der Waals surface area contributed by atoms with E-state index in [0.717, 1.165) is 0 Å². The van der Waals surface area contributed by atoms with Gasteiger partial charge in [-0.25, -0.2) is 0 Å². The second kappa shape index (κ2) is 8.51. The smallest absolute Gasteiger partial charge is 0.360 e. The van der Waals surface area contributed by atoms with E-state index in [1.165, 1.54) is 12.1 Å². The molecule has 0 fully saturated rings. The van der Waals surface area contributed by atoms with Crippen molar-refractivity contribution in [1.29, 1.82) is 0 Å². The van der Waals surface area contributed by atoms with Crippen LogP contribution in [0, 0.1) is 11.8 Å². The van der Waals surface area contributed by atoms with Gasteiger partial charge < -0.3 is 5.53 Å². The van der Waals surface area contributed by atoms with Gasteiger partial charge in [-0.3, -0.25) is 14.4 Å². The number of hydrogen-bond donors (Lipinski definition) is 0. The molecule has 0 atom stereocenters. The fourth-order valence-electron chi connectivity index (χ4n) is 1.90. The minimum absolute atomic E-state index is 0.184. The van der Waals surface area contributed by atoms with Gasteiger partial charge in [0.25, 0.3) is 11.6 Å². The molecule has 122 valence electrons. The SMILES string of the molecule is [N-]=[N+]=C(C(=O)CC(=O)C#Cc1ccc(Cl)cc1)C(=O)c1ccccc1. The van der Waals surface area contributed by atoms with Crippen molar-refractivity contribution in [3.8, 4) is 11.8 Å². The van der Waals surface area contributed by atoms with Crippen molar-refractivity contribution >= 4 is 34.7 Å². The first kappa shape index (κ1) is 18.0. The normalized spacial score (nSPS) is 9.32. The molecule has 2 rings (SSSR count). The molecule has 0 unspecified atom stereocenters. The van der Waals surface area contributed by atoms with Gasteiger partial charge in [-0.2, -0.15) is 4.79 Å². The van der Waals surface area contributed by atoms with E-state index in [0.29, 0.717) is 10.6 Å². The second-order valence-corrected chi connectivity index (χ2v) is 5.36. The molecule has 2 aromatic rings. The monoisotopic (exact) mass is 350 g/mol. The molecule has 0 aromatic heterocycles. The van der Waals surface area contributed by atoms with Crippen molar-refractivity contribution < 1.29 is 19.2 Å². The van der Waals surface area contributed by atoms with Crippen LogP contribution in [0.25, 0.3) is 5.53 Å². The minimum atomic E-state index is -0.897. The molecule has 25 heavy (non-hydrogen) atoms. The van der Waals surface area contributed by atoms with Gasteiger partial charge in [0.1, 0.15) is 0 Å². The van der Waals surface area contributed by atoms with E-state index in [9.17, 15) is 14.4 Å². The van der Waals surface area contributed by atoms with Gasteiger partial charge in [-0.1, -0.05) is 47.9 Å². The van der Waals surface area contributed by atoms with E-state index < -0.39 is 29.5 Å². The van der Waals surface area contributed by atoms with E-state index in [1.807, 2.05) is 0 Å². The number of rotatable bonds is 5. The van der Waals surface area contributed by atoms with Crippen LogP contribution in [0.5, 0.6) is 0 Å². The molecule has 0 saturated heterocycles. The molecule has 0 N–H and O–H groups in total. The highest BCUT2D eigenvalue weighted by molar-refractivity contribution is 6.68. The average molecular weight is 351 g/mol. The highest BCUT2D eigenvalue weighted by atomic mass is 35.5. The summed E-state index contributed by atoms with van der Waals surface area (Å²) in [5, 5.41) is 0.537. The van der Waals surface area contributed by atoms with E-state index in [4.69, 9.17) is 17.1 Å². The van der Waals surface area contributed by atoms with E-state index >= 15 is 0 Å². The topological polar surface area (TPSA) is 87.6 Å². The number of ketones is 3. The van der Waals surface area contributed by atoms with Crippen LogP contribution in [-0.2, 0) is 9.59 Å². The Hall–Kier alpha value is -3.32. The van der Waals surface area contributed by atoms with Gasteiger partial charge >= 0.3 is 5.71 Å².